The molecule has 4 amide bonds. The maximum atomic E-state index is 12.8. The topological polar surface area (TPSA) is 182 Å². The highest BCUT2D eigenvalue weighted by Gasteiger charge is 2.53. The van der Waals surface area contributed by atoms with Gasteiger partial charge in [-0.25, -0.2) is 14.6 Å². The van der Waals surface area contributed by atoms with Gasteiger partial charge < -0.3 is 29.6 Å². The van der Waals surface area contributed by atoms with Crippen LogP contribution >= 0.6 is 0 Å². The molecule has 1 aliphatic rings. The normalized spacial score (nSPS) is 17.2. The molecule has 1 aliphatic heterocycles. The van der Waals surface area contributed by atoms with Gasteiger partial charge in [0.25, 0.3) is 11.8 Å². The molecule has 1 aromatic carbocycles. The van der Waals surface area contributed by atoms with Crippen molar-refractivity contribution in [3.63, 3.8) is 0 Å². The summed E-state index contributed by atoms with van der Waals surface area (Å²) in [5.74, 6) is -4.02. The average Bonchev–Trinajstić information content (AvgIpc) is 3.68. The van der Waals surface area contributed by atoms with E-state index >= 15 is 0 Å². The van der Waals surface area contributed by atoms with E-state index in [1.54, 1.807) is 38.1 Å². The first kappa shape index (κ1) is 30.0. The zero-order chi connectivity index (χ0) is 28.2. The Kier molecular flexibility index (Phi) is 11.5. The minimum atomic E-state index is -1.25. The Morgan fingerprint density at radius 3 is 2.13 bits per heavy atom. The number of hydrazine groups is 1. The van der Waals surface area contributed by atoms with Crippen LogP contribution in [0.5, 0.6) is 0 Å². The van der Waals surface area contributed by atoms with Crippen LogP contribution in [0.4, 0.5) is 4.79 Å². The van der Waals surface area contributed by atoms with E-state index in [4.69, 9.17) is 18.9 Å². The van der Waals surface area contributed by atoms with E-state index in [0.717, 1.165) is 5.56 Å². The van der Waals surface area contributed by atoms with Crippen molar-refractivity contribution in [2.45, 2.75) is 58.6 Å². The number of epoxide rings is 1. The third kappa shape index (κ3) is 9.35. The van der Waals surface area contributed by atoms with E-state index in [1.807, 2.05) is 6.07 Å². The molecule has 0 spiro atoms. The molecule has 38 heavy (non-hydrogen) atoms. The van der Waals surface area contributed by atoms with Gasteiger partial charge >= 0.3 is 18.0 Å². The highest BCUT2D eigenvalue weighted by atomic mass is 16.6. The molecule has 14 heteroatoms. The van der Waals surface area contributed by atoms with Gasteiger partial charge in [0, 0.05) is 0 Å². The standard InChI is InChI=1S/C24H32N4O10/c1-5-35-17(29)12-28(22(32)18-19(38-18)23(33)36-6-2)27-21(31)15(4)25-20(30)14(3)26-24(34)37-13-16-10-8-7-9-11-16/h7-11,14-15,18-19H,5-6,12-13H2,1-4H3,(H,25,30)(H,26,34)(H,27,31)/t14-,15-,18+,19+/m0/s1. The third-order valence-electron chi connectivity index (χ3n) is 5.05. The van der Waals surface area contributed by atoms with Crippen LogP contribution in [0.1, 0.15) is 33.3 Å². The van der Waals surface area contributed by atoms with Crippen LogP contribution in [0.15, 0.2) is 30.3 Å². The van der Waals surface area contributed by atoms with Crippen molar-refractivity contribution in [3.05, 3.63) is 35.9 Å². The van der Waals surface area contributed by atoms with Crippen LogP contribution in [-0.4, -0.2) is 84.8 Å². The van der Waals surface area contributed by atoms with Crippen molar-refractivity contribution in [1.29, 1.82) is 0 Å². The molecule has 0 radical (unpaired) electrons. The van der Waals surface area contributed by atoms with Gasteiger partial charge in [0.2, 0.25) is 5.91 Å². The molecule has 14 nitrogen and oxygen atoms in total. The lowest BCUT2D eigenvalue weighted by Crippen LogP contribution is -2.57. The summed E-state index contributed by atoms with van der Waals surface area (Å²) in [6.45, 7) is 5.32. The molecule has 1 heterocycles. The second kappa shape index (κ2) is 14.5. The van der Waals surface area contributed by atoms with Gasteiger partial charge in [-0.2, -0.15) is 0 Å². The van der Waals surface area contributed by atoms with E-state index < -0.39 is 66.6 Å². The van der Waals surface area contributed by atoms with E-state index in [0.29, 0.717) is 5.01 Å². The molecule has 2 rings (SSSR count). The smallest absolute Gasteiger partial charge is 0.408 e. The van der Waals surface area contributed by atoms with Gasteiger partial charge in [0.1, 0.15) is 25.2 Å². The second-order valence-electron chi connectivity index (χ2n) is 8.09. The number of amides is 4. The molecule has 0 bridgehead atoms. The van der Waals surface area contributed by atoms with E-state index in [2.05, 4.69) is 16.1 Å². The number of ether oxygens (including phenoxy) is 4. The second-order valence-corrected chi connectivity index (χ2v) is 8.09. The largest absolute Gasteiger partial charge is 0.465 e. The van der Waals surface area contributed by atoms with Crippen molar-refractivity contribution in [2.24, 2.45) is 0 Å². The minimum Gasteiger partial charge on any atom is -0.465 e. The fourth-order valence-corrected chi connectivity index (χ4v) is 3.01. The van der Waals surface area contributed by atoms with Crippen LogP contribution < -0.4 is 16.1 Å². The molecule has 1 aromatic rings. The van der Waals surface area contributed by atoms with Gasteiger partial charge in [-0.3, -0.25) is 24.6 Å². The summed E-state index contributed by atoms with van der Waals surface area (Å²) < 4.78 is 19.7. The first-order valence-corrected chi connectivity index (χ1v) is 11.9. The minimum absolute atomic E-state index is 0.00584. The molecule has 0 aromatic heterocycles. The molecule has 0 saturated carbocycles. The lowest BCUT2D eigenvalue weighted by Gasteiger charge is -2.24. The molecule has 208 valence electrons. The Balaban J connectivity index is 1.89. The summed E-state index contributed by atoms with van der Waals surface area (Å²) >= 11 is 0. The monoisotopic (exact) mass is 536 g/mol. The lowest BCUT2D eigenvalue weighted by atomic mass is 10.2. The number of hydrogen-bond donors (Lipinski definition) is 3. The summed E-state index contributed by atoms with van der Waals surface area (Å²) in [6.07, 6.45) is -3.24. The third-order valence-corrected chi connectivity index (χ3v) is 5.05. The van der Waals surface area contributed by atoms with Crippen LogP contribution in [0, 0.1) is 0 Å². The Morgan fingerprint density at radius 1 is 0.868 bits per heavy atom. The molecule has 3 N–H and O–H groups in total. The average molecular weight is 537 g/mol. The van der Waals surface area contributed by atoms with Crippen LogP contribution in [-0.2, 0) is 49.5 Å². The molecular formula is C24H32N4O10. The SMILES string of the molecule is CCOC(=O)CN(NC(=O)[C@H](C)NC(=O)[C@H](C)NC(=O)OCc1ccccc1)C(=O)[C@@H]1O[C@H]1C(=O)OCC. The number of hydrogen-bond acceptors (Lipinski definition) is 10. The number of nitrogens with zero attached hydrogens (tertiary/aromatic N) is 1. The van der Waals surface area contributed by atoms with Crippen molar-refractivity contribution in [1.82, 2.24) is 21.1 Å². The fraction of sp³-hybridized carbons (Fsp3) is 0.500. The first-order chi connectivity index (χ1) is 18.1. The van der Waals surface area contributed by atoms with Crippen molar-refractivity contribution in [2.75, 3.05) is 19.8 Å². The Morgan fingerprint density at radius 2 is 1.50 bits per heavy atom. The van der Waals surface area contributed by atoms with E-state index in [1.165, 1.54) is 13.8 Å². The Hall–Kier alpha value is -4.20. The lowest BCUT2D eigenvalue weighted by molar-refractivity contribution is -0.154. The number of benzene rings is 1. The predicted molar refractivity (Wildman–Crippen MR) is 129 cm³/mol. The van der Waals surface area contributed by atoms with Gasteiger partial charge in [0.15, 0.2) is 12.2 Å². The van der Waals surface area contributed by atoms with Crippen molar-refractivity contribution < 1.29 is 47.7 Å². The van der Waals surface area contributed by atoms with Gasteiger partial charge in [0.05, 0.1) is 13.2 Å². The van der Waals surface area contributed by atoms with Crippen LogP contribution in [0.25, 0.3) is 0 Å². The van der Waals surface area contributed by atoms with Crippen LogP contribution in [0.3, 0.4) is 0 Å². The van der Waals surface area contributed by atoms with E-state index in [-0.39, 0.29) is 19.8 Å². The summed E-state index contributed by atoms with van der Waals surface area (Å²) in [5, 5.41) is 5.39. The van der Waals surface area contributed by atoms with Crippen molar-refractivity contribution >= 4 is 35.8 Å². The van der Waals surface area contributed by atoms with Gasteiger partial charge in [-0.05, 0) is 33.3 Å². The fourth-order valence-electron chi connectivity index (χ4n) is 3.01. The molecule has 0 unspecified atom stereocenters. The maximum absolute atomic E-state index is 12.8. The zero-order valence-electron chi connectivity index (χ0n) is 21.6. The number of carbonyl (C=O) groups is 6. The quantitative estimate of drug-likeness (QED) is 0.137. The summed E-state index contributed by atoms with van der Waals surface area (Å²) in [4.78, 5) is 73.6. The molecular weight excluding hydrogens is 504 g/mol. The number of carbonyl (C=O) groups excluding carboxylic acids is 6. The Labute approximate surface area is 219 Å². The summed E-state index contributed by atoms with van der Waals surface area (Å²) in [7, 11) is 0. The number of esters is 2. The predicted octanol–water partition coefficient (Wildman–Crippen LogP) is -0.441. The summed E-state index contributed by atoms with van der Waals surface area (Å²) in [6, 6.07) is 6.69. The molecule has 0 aliphatic carbocycles. The molecule has 4 atom stereocenters. The van der Waals surface area contributed by atoms with Gasteiger partial charge in [-0.15, -0.1) is 0 Å². The number of rotatable bonds is 12. The van der Waals surface area contributed by atoms with E-state index in [9.17, 15) is 28.8 Å². The van der Waals surface area contributed by atoms with Crippen LogP contribution in [0.2, 0.25) is 0 Å². The zero-order valence-corrected chi connectivity index (χ0v) is 21.6. The highest BCUT2D eigenvalue weighted by molar-refractivity contribution is 5.96. The first-order valence-electron chi connectivity index (χ1n) is 11.9. The number of nitrogens with one attached hydrogen (secondary N) is 3. The van der Waals surface area contributed by atoms with Crippen molar-refractivity contribution in [3.8, 4) is 0 Å². The highest BCUT2D eigenvalue weighted by Crippen LogP contribution is 2.25. The van der Waals surface area contributed by atoms with Gasteiger partial charge in [-0.1, -0.05) is 30.3 Å². The number of alkyl carbamates (subject to hydrolysis) is 1. The Bertz CT molecular complexity index is 1020. The maximum Gasteiger partial charge on any atom is 0.408 e. The summed E-state index contributed by atoms with van der Waals surface area (Å²) in [5.41, 5.74) is 2.99. The molecule has 1 fully saturated rings. The molecule has 1 saturated heterocycles.